The quantitative estimate of drug-likeness (QED) is 0.356. The van der Waals surface area contributed by atoms with E-state index in [0.29, 0.717) is 21.7 Å². The highest BCUT2D eigenvalue weighted by molar-refractivity contribution is 7.15. The van der Waals surface area contributed by atoms with Crippen LogP contribution >= 0.6 is 22.7 Å². The number of hydrogen-bond donors (Lipinski definition) is 2. The van der Waals surface area contributed by atoms with Crippen molar-refractivity contribution < 1.29 is 9.59 Å². The van der Waals surface area contributed by atoms with E-state index in [1.807, 2.05) is 36.4 Å². The number of carbonyl (C=O) groups excluding carboxylic acids is 2. The van der Waals surface area contributed by atoms with Crippen LogP contribution in [0.4, 0.5) is 10.3 Å². The summed E-state index contributed by atoms with van der Waals surface area (Å²) in [6.07, 6.45) is 7.67. The third kappa shape index (κ3) is 6.32. The lowest BCUT2D eigenvalue weighted by molar-refractivity contribution is -0.116. The molecule has 5 rings (SSSR count). The summed E-state index contributed by atoms with van der Waals surface area (Å²) in [5, 5.41) is 25.6. The van der Waals surface area contributed by atoms with Crippen LogP contribution in [0.2, 0.25) is 0 Å². The van der Waals surface area contributed by atoms with E-state index in [-0.39, 0.29) is 36.5 Å². The Morgan fingerprint density at radius 1 is 0.750 bits per heavy atom. The SMILES string of the molecule is O=C(Cc1ccccn1)Nc1nnc([C@@H]2CCC[C@H](c3nnc(NC(=O)Cc4ccccn4)s3)C2)s1. The van der Waals surface area contributed by atoms with Crippen LogP contribution in [0.5, 0.6) is 0 Å². The Balaban J connectivity index is 1.15. The molecule has 2 atom stereocenters. The van der Waals surface area contributed by atoms with Gasteiger partial charge in [0.1, 0.15) is 10.0 Å². The van der Waals surface area contributed by atoms with Gasteiger partial charge in [0.2, 0.25) is 22.1 Å². The van der Waals surface area contributed by atoms with E-state index < -0.39 is 0 Å². The van der Waals surface area contributed by atoms with Crippen molar-refractivity contribution in [2.45, 2.75) is 50.4 Å². The molecule has 10 nitrogen and oxygen atoms in total. The van der Waals surface area contributed by atoms with Gasteiger partial charge in [0, 0.05) is 35.6 Å². The number of pyridine rings is 2. The lowest BCUT2D eigenvalue weighted by atomic mass is 9.82. The van der Waals surface area contributed by atoms with Gasteiger partial charge in [-0.3, -0.25) is 19.6 Å². The molecule has 0 bridgehead atoms. The van der Waals surface area contributed by atoms with Crippen molar-refractivity contribution in [1.82, 2.24) is 30.4 Å². The zero-order chi connectivity index (χ0) is 24.7. The summed E-state index contributed by atoms with van der Waals surface area (Å²) in [5.74, 6) is 0.163. The fourth-order valence-electron chi connectivity index (χ4n) is 4.20. The number of amides is 2. The van der Waals surface area contributed by atoms with E-state index in [2.05, 4.69) is 41.0 Å². The van der Waals surface area contributed by atoms with Crippen molar-refractivity contribution in [1.29, 1.82) is 0 Å². The maximum atomic E-state index is 12.3. The van der Waals surface area contributed by atoms with Crippen LogP contribution in [0, 0.1) is 0 Å². The number of carbonyl (C=O) groups is 2. The molecule has 1 saturated carbocycles. The summed E-state index contributed by atoms with van der Waals surface area (Å²) >= 11 is 2.84. The van der Waals surface area contributed by atoms with E-state index in [0.717, 1.165) is 35.7 Å². The number of nitrogens with zero attached hydrogens (tertiary/aromatic N) is 6. The van der Waals surface area contributed by atoms with E-state index in [9.17, 15) is 9.59 Å². The molecule has 12 heteroatoms. The smallest absolute Gasteiger partial charge is 0.232 e. The van der Waals surface area contributed by atoms with Crippen molar-refractivity contribution in [2.75, 3.05) is 10.6 Å². The average molecular weight is 521 g/mol. The van der Waals surface area contributed by atoms with Gasteiger partial charge in [-0.2, -0.15) is 0 Å². The van der Waals surface area contributed by atoms with Crippen LogP contribution in [-0.2, 0) is 22.4 Å². The van der Waals surface area contributed by atoms with Crippen LogP contribution in [0.1, 0.15) is 58.9 Å². The summed E-state index contributed by atoms with van der Waals surface area (Å²) in [6, 6.07) is 11.0. The Morgan fingerprint density at radius 2 is 1.25 bits per heavy atom. The molecule has 1 aliphatic rings. The van der Waals surface area contributed by atoms with Gasteiger partial charge < -0.3 is 10.6 Å². The molecule has 184 valence electrons. The average Bonchev–Trinajstić information content (AvgIpc) is 3.55. The standard InChI is InChI=1S/C24H24N8O2S2/c33-19(13-17-8-1-3-10-25-17)27-23-31-29-21(35-23)15-6-5-7-16(12-15)22-30-32-24(36-22)28-20(34)14-18-9-2-4-11-26-18/h1-4,8-11,15-16H,5-7,12-14H2,(H,27,31,33)(H,28,32,34)/t15-,16+. The first-order valence-electron chi connectivity index (χ1n) is 11.7. The van der Waals surface area contributed by atoms with E-state index in [1.54, 1.807) is 12.4 Å². The zero-order valence-corrected chi connectivity index (χ0v) is 21.0. The second-order valence-electron chi connectivity index (χ2n) is 8.54. The van der Waals surface area contributed by atoms with E-state index >= 15 is 0 Å². The molecule has 2 N–H and O–H groups in total. The third-order valence-electron chi connectivity index (χ3n) is 5.88. The highest BCUT2D eigenvalue weighted by Crippen LogP contribution is 2.43. The first kappa shape index (κ1) is 24.1. The fourth-order valence-corrected chi connectivity index (χ4v) is 6.01. The molecule has 0 saturated heterocycles. The highest BCUT2D eigenvalue weighted by Gasteiger charge is 2.29. The Kier molecular flexibility index (Phi) is 7.62. The van der Waals surface area contributed by atoms with Crippen molar-refractivity contribution in [3.05, 3.63) is 70.2 Å². The molecule has 4 heterocycles. The molecule has 0 unspecified atom stereocenters. The minimum Gasteiger partial charge on any atom is -0.300 e. The van der Waals surface area contributed by atoms with E-state index in [4.69, 9.17) is 0 Å². The minimum absolute atomic E-state index is 0.163. The number of nitrogens with one attached hydrogen (secondary N) is 2. The highest BCUT2D eigenvalue weighted by atomic mass is 32.1. The molecule has 0 radical (unpaired) electrons. The van der Waals surface area contributed by atoms with Gasteiger partial charge in [0.25, 0.3) is 0 Å². The summed E-state index contributed by atoms with van der Waals surface area (Å²) < 4.78 is 0. The van der Waals surface area contributed by atoms with Gasteiger partial charge in [-0.05, 0) is 43.5 Å². The molecule has 36 heavy (non-hydrogen) atoms. The normalized spacial score (nSPS) is 17.4. The number of hydrogen-bond acceptors (Lipinski definition) is 10. The minimum atomic E-state index is -0.163. The first-order valence-corrected chi connectivity index (χ1v) is 13.3. The summed E-state index contributed by atoms with van der Waals surface area (Å²) in [5.41, 5.74) is 1.42. The monoisotopic (exact) mass is 520 g/mol. The molecule has 0 aliphatic heterocycles. The topological polar surface area (TPSA) is 136 Å². The molecule has 2 amide bonds. The Morgan fingerprint density at radius 3 is 1.69 bits per heavy atom. The Labute approximate surface area is 215 Å². The zero-order valence-electron chi connectivity index (χ0n) is 19.3. The Hall–Kier alpha value is -3.64. The molecule has 1 aliphatic carbocycles. The maximum Gasteiger partial charge on any atom is 0.232 e. The van der Waals surface area contributed by atoms with E-state index in [1.165, 1.54) is 22.7 Å². The van der Waals surface area contributed by atoms with Crippen LogP contribution < -0.4 is 10.6 Å². The van der Waals surface area contributed by atoms with Gasteiger partial charge in [0.05, 0.1) is 12.8 Å². The number of rotatable bonds is 8. The number of aromatic nitrogens is 6. The summed E-state index contributed by atoms with van der Waals surface area (Å²) in [4.78, 5) is 33.0. The molecule has 0 spiro atoms. The third-order valence-corrected chi connectivity index (χ3v) is 7.88. The first-order chi connectivity index (χ1) is 17.6. The molecule has 4 aromatic rings. The van der Waals surface area contributed by atoms with Crippen molar-refractivity contribution >= 4 is 44.8 Å². The Bertz CT molecular complexity index is 1210. The second kappa shape index (κ2) is 11.4. The number of anilines is 2. The summed E-state index contributed by atoms with van der Waals surface area (Å²) in [6.45, 7) is 0. The van der Waals surface area contributed by atoms with Gasteiger partial charge in [-0.25, -0.2) is 0 Å². The van der Waals surface area contributed by atoms with Gasteiger partial charge in [0.15, 0.2) is 0 Å². The molecule has 1 fully saturated rings. The van der Waals surface area contributed by atoms with Crippen LogP contribution in [0.25, 0.3) is 0 Å². The molecule has 0 aromatic carbocycles. The molecule has 4 aromatic heterocycles. The van der Waals surface area contributed by atoms with Crippen molar-refractivity contribution in [3.8, 4) is 0 Å². The fraction of sp³-hybridized carbons (Fsp3) is 0.333. The predicted molar refractivity (Wildman–Crippen MR) is 137 cm³/mol. The summed E-state index contributed by atoms with van der Waals surface area (Å²) in [7, 11) is 0. The second-order valence-corrected chi connectivity index (χ2v) is 10.6. The van der Waals surface area contributed by atoms with Crippen molar-refractivity contribution in [2.24, 2.45) is 0 Å². The predicted octanol–water partition coefficient (Wildman–Crippen LogP) is 3.98. The van der Waals surface area contributed by atoms with Gasteiger partial charge in [-0.15, -0.1) is 20.4 Å². The lowest BCUT2D eigenvalue weighted by Crippen LogP contribution is -2.14. The van der Waals surface area contributed by atoms with Gasteiger partial charge in [-0.1, -0.05) is 41.2 Å². The largest absolute Gasteiger partial charge is 0.300 e. The lowest BCUT2D eigenvalue weighted by Gasteiger charge is -2.25. The van der Waals surface area contributed by atoms with Crippen molar-refractivity contribution in [3.63, 3.8) is 0 Å². The maximum absolute atomic E-state index is 12.3. The van der Waals surface area contributed by atoms with Crippen LogP contribution in [-0.4, -0.2) is 42.2 Å². The molecular formula is C24H24N8O2S2. The van der Waals surface area contributed by atoms with Crippen LogP contribution in [0.3, 0.4) is 0 Å². The van der Waals surface area contributed by atoms with Gasteiger partial charge >= 0.3 is 0 Å². The van der Waals surface area contributed by atoms with Crippen LogP contribution in [0.15, 0.2) is 48.8 Å². The molecular weight excluding hydrogens is 496 g/mol.